The highest BCUT2D eigenvalue weighted by Gasteiger charge is 2.55. The van der Waals surface area contributed by atoms with E-state index in [4.69, 9.17) is 10.6 Å². The van der Waals surface area contributed by atoms with Gasteiger partial charge in [0, 0.05) is 28.7 Å². The number of carboxylic acid groups (broad SMARTS) is 1. The third-order valence-corrected chi connectivity index (χ3v) is 9.41. The summed E-state index contributed by atoms with van der Waals surface area (Å²) in [7, 11) is 1.29. The van der Waals surface area contributed by atoms with Crippen LogP contribution in [-0.4, -0.2) is 67.7 Å². The molecule has 2 atom stereocenters. The number of fused-ring (bicyclic) bond motifs is 2. The van der Waals surface area contributed by atoms with E-state index < -0.39 is 29.2 Å². The Morgan fingerprint density at radius 3 is 2.84 bits per heavy atom. The zero-order chi connectivity index (χ0) is 27.1. The summed E-state index contributed by atoms with van der Waals surface area (Å²) in [6, 6.07) is 2.88. The first-order chi connectivity index (χ1) is 18.2. The monoisotopic (exact) mass is 574 g/mol. The Balaban J connectivity index is 1.39. The molecule has 3 aromatic rings. The number of amides is 2. The molecule has 5 rings (SSSR count). The maximum atomic E-state index is 13.1. The summed E-state index contributed by atoms with van der Waals surface area (Å²) in [6.07, 6.45) is 1.89. The van der Waals surface area contributed by atoms with Crippen LogP contribution in [0.15, 0.2) is 40.1 Å². The van der Waals surface area contributed by atoms with Crippen LogP contribution in [0.4, 0.5) is 5.13 Å². The molecular weight excluding hydrogens is 550 g/mol. The summed E-state index contributed by atoms with van der Waals surface area (Å²) in [6.45, 7) is 4.45. The number of nitrogens with one attached hydrogen (secondary N) is 1. The Hall–Kier alpha value is -3.56. The largest absolute Gasteiger partial charge is 0.477 e. The second kappa shape index (κ2) is 10.3. The number of nitrogens with zero attached hydrogens (tertiary/aromatic N) is 5. The van der Waals surface area contributed by atoms with Crippen molar-refractivity contribution in [2.24, 2.45) is 5.16 Å². The van der Waals surface area contributed by atoms with E-state index in [-0.39, 0.29) is 28.2 Å². The van der Waals surface area contributed by atoms with Gasteiger partial charge in [-0.2, -0.15) is 4.57 Å². The van der Waals surface area contributed by atoms with E-state index in [0.717, 1.165) is 26.7 Å². The minimum atomic E-state index is -1.19. The van der Waals surface area contributed by atoms with Crippen molar-refractivity contribution in [1.29, 1.82) is 0 Å². The number of aromatic nitrogens is 3. The van der Waals surface area contributed by atoms with Crippen LogP contribution < -0.4 is 15.6 Å². The Morgan fingerprint density at radius 1 is 1.39 bits per heavy atom. The zero-order valence-corrected chi connectivity index (χ0v) is 23.0. The highest BCUT2D eigenvalue weighted by molar-refractivity contribution is 8.00. The average Bonchev–Trinajstić information content (AvgIpc) is 3.52. The Kier molecular flexibility index (Phi) is 7.07. The van der Waals surface area contributed by atoms with Gasteiger partial charge in [0.1, 0.15) is 40.4 Å². The molecule has 12 nitrogen and oxygen atoms in total. The number of rotatable bonds is 8. The van der Waals surface area contributed by atoms with Gasteiger partial charge in [0.15, 0.2) is 23.6 Å². The first-order valence-corrected chi connectivity index (χ1v) is 14.3. The summed E-state index contributed by atoms with van der Waals surface area (Å²) in [5.41, 5.74) is 7.15. The number of oxime groups is 1. The maximum absolute atomic E-state index is 13.1. The first-order valence-electron chi connectivity index (χ1n) is 11.5. The van der Waals surface area contributed by atoms with E-state index in [1.54, 1.807) is 16.7 Å². The van der Waals surface area contributed by atoms with Crippen molar-refractivity contribution in [3.63, 3.8) is 0 Å². The molecule has 0 spiro atoms. The molecule has 3 aromatic heterocycles. The summed E-state index contributed by atoms with van der Waals surface area (Å²) >= 11 is 4.10. The minimum Gasteiger partial charge on any atom is -0.477 e. The van der Waals surface area contributed by atoms with Gasteiger partial charge in [-0.15, -0.1) is 23.1 Å². The third kappa shape index (κ3) is 4.61. The fourth-order valence-electron chi connectivity index (χ4n) is 4.24. The van der Waals surface area contributed by atoms with Crippen LogP contribution in [0.1, 0.15) is 30.5 Å². The van der Waals surface area contributed by atoms with E-state index in [9.17, 15) is 19.5 Å². The molecule has 0 radical (unpaired) electrons. The fraction of sp³-hybridized carbons (Fsp3) is 0.348. The maximum Gasteiger partial charge on any atom is 0.352 e. The molecule has 4 N–H and O–H groups in total. The number of carbonyl (C=O) groups excluding carboxylic acids is 2. The van der Waals surface area contributed by atoms with Crippen LogP contribution in [0.3, 0.4) is 0 Å². The molecule has 1 unspecified atom stereocenters. The number of anilines is 1. The van der Waals surface area contributed by atoms with Crippen LogP contribution in [0, 0.1) is 0 Å². The van der Waals surface area contributed by atoms with Crippen molar-refractivity contribution in [1.82, 2.24) is 20.2 Å². The predicted octanol–water partition coefficient (Wildman–Crippen LogP) is 1.54. The van der Waals surface area contributed by atoms with Crippen LogP contribution in [0.25, 0.3) is 10.3 Å². The number of nitrogen functional groups attached to an aromatic ring is 1. The number of hydrogen-bond donors (Lipinski definition) is 3. The highest BCUT2D eigenvalue weighted by Crippen LogP contribution is 2.40. The van der Waals surface area contributed by atoms with Crippen LogP contribution in [0.5, 0.6) is 0 Å². The SMILES string of the molecule is CON=C(C(=O)NC1C(=O)N2C(C(=O)O)=C(C[n+]3cccc4nc(C(C)C)sc43)CS[C@@H]12)c1csc(N)n1. The smallest absolute Gasteiger partial charge is 0.352 e. The molecule has 38 heavy (non-hydrogen) atoms. The third-order valence-electron chi connectivity index (χ3n) is 5.99. The van der Waals surface area contributed by atoms with Gasteiger partial charge in [-0.1, -0.05) is 30.3 Å². The molecule has 2 aliphatic heterocycles. The molecule has 2 amide bonds. The number of nitrogens with two attached hydrogens (primary N) is 1. The van der Waals surface area contributed by atoms with E-state index >= 15 is 0 Å². The van der Waals surface area contributed by atoms with E-state index in [2.05, 4.69) is 34.3 Å². The van der Waals surface area contributed by atoms with Gasteiger partial charge in [-0.25, -0.2) is 14.8 Å². The number of carbonyl (C=O) groups is 3. The lowest BCUT2D eigenvalue weighted by atomic mass is 10.0. The number of thiazole rings is 2. The van der Waals surface area contributed by atoms with E-state index in [1.807, 2.05) is 22.9 Å². The van der Waals surface area contributed by atoms with Gasteiger partial charge in [0.05, 0.1) is 0 Å². The Labute approximate surface area is 229 Å². The average molecular weight is 575 g/mol. The van der Waals surface area contributed by atoms with Crippen molar-refractivity contribution in [3.05, 3.63) is 45.7 Å². The molecule has 1 fully saturated rings. The Morgan fingerprint density at radius 2 is 2.18 bits per heavy atom. The molecule has 0 saturated carbocycles. The van der Waals surface area contributed by atoms with Gasteiger partial charge in [-0.05, 0) is 6.07 Å². The van der Waals surface area contributed by atoms with E-state index in [0.29, 0.717) is 17.9 Å². The number of pyridine rings is 1. The van der Waals surface area contributed by atoms with Crippen molar-refractivity contribution < 1.29 is 28.9 Å². The number of carboxylic acids is 1. The first kappa shape index (κ1) is 26.1. The number of hydrogen-bond acceptors (Lipinski definition) is 11. The highest BCUT2D eigenvalue weighted by atomic mass is 32.2. The van der Waals surface area contributed by atoms with Gasteiger partial charge in [-0.3, -0.25) is 14.5 Å². The van der Waals surface area contributed by atoms with Crippen molar-refractivity contribution in [3.8, 4) is 0 Å². The molecule has 198 valence electrons. The van der Waals surface area contributed by atoms with Gasteiger partial charge in [0.25, 0.3) is 16.6 Å². The van der Waals surface area contributed by atoms with Crippen molar-refractivity contribution >= 4 is 73.4 Å². The lowest BCUT2D eigenvalue weighted by Crippen LogP contribution is -2.71. The second-order valence-electron chi connectivity index (χ2n) is 8.84. The topological polar surface area (TPSA) is 164 Å². The summed E-state index contributed by atoms with van der Waals surface area (Å²) in [4.78, 5) is 54.1. The molecule has 15 heteroatoms. The van der Waals surface area contributed by atoms with Crippen LogP contribution in [-0.2, 0) is 25.8 Å². The normalized spacial score (nSPS) is 19.5. The number of β-lactam (4-membered cyclic amide) rings is 1. The van der Waals surface area contributed by atoms with Crippen LogP contribution in [0.2, 0.25) is 0 Å². The lowest BCUT2D eigenvalue weighted by Gasteiger charge is -2.49. The molecule has 0 bridgehead atoms. The van der Waals surface area contributed by atoms with E-state index in [1.165, 1.54) is 23.8 Å². The predicted molar refractivity (Wildman–Crippen MR) is 144 cm³/mol. The summed E-state index contributed by atoms with van der Waals surface area (Å²) in [5, 5.41) is 18.7. The number of thioether (sulfide) groups is 1. The van der Waals surface area contributed by atoms with Gasteiger partial charge >= 0.3 is 5.97 Å². The van der Waals surface area contributed by atoms with Gasteiger partial charge in [0.2, 0.25) is 0 Å². The van der Waals surface area contributed by atoms with Gasteiger partial charge < -0.3 is 21.0 Å². The fourth-order valence-corrected chi connectivity index (χ4v) is 7.17. The molecule has 0 aliphatic carbocycles. The molecule has 5 heterocycles. The molecular formula is C23H24N7O5S3+. The molecule has 2 aliphatic rings. The minimum absolute atomic E-state index is 0.0552. The quantitative estimate of drug-likeness (QED) is 0.157. The summed E-state index contributed by atoms with van der Waals surface area (Å²) in [5.74, 6) is -1.72. The second-order valence-corrected chi connectivity index (χ2v) is 11.8. The van der Waals surface area contributed by atoms with Crippen LogP contribution >= 0.6 is 34.4 Å². The molecule has 0 aromatic carbocycles. The Bertz CT molecular complexity index is 1510. The lowest BCUT2D eigenvalue weighted by molar-refractivity contribution is -0.661. The summed E-state index contributed by atoms with van der Waals surface area (Å²) < 4.78 is 1.97. The molecule has 1 saturated heterocycles. The van der Waals surface area contributed by atoms with Crippen molar-refractivity contribution in [2.45, 2.75) is 37.7 Å². The zero-order valence-electron chi connectivity index (χ0n) is 20.6. The van der Waals surface area contributed by atoms with Crippen molar-refractivity contribution in [2.75, 3.05) is 18.6 Å². The standard InChI is InChI=1S/C23H23N7O5S3/c1-10(2)18-25-12-5-4-6-29(20(12)38-18)7-11-8-36-21-15(19(32)30(21)16(11)22(33)34)27-17(31)14(28-35-3)13-9-37-23(24)26-13/h4-6,9-10,15,21H,7-8H2,1-3H3,(H3-,24,26,27,31,33,34)/p+1/t15?,21-/m0/s1. The number of aliphatic carboxylic acids is 1.